The molecule has 0 saturated carbocycles. The van der Waals surface area contributed by atoms with Crippen molar-refractivity contribution in [3.05, 3.63) is 0 Å². The number of aliphatic hydroxyl groups excluding tert-OH is 1. The van der Waals surface area contributed by atoms with E-state index in [1.165, 1.54) is 218 Å². The van der Waals surface area contributed by atoms with Crippen molar-refractivity contribution in [3.63, 3.8) is 0 Å². The monoisotopic (exact) mass is 1420 g/mol. The molecule has 0 saturated heterocycles. The van der Waals surface area contributed by atoms with Gasteiger partial charge in [-0.1, -0.05) is 356 Å². The Balaban J connectivity index is 5.19. The zero-order valence-corrected chi connectivity index (χ0v) is 65.2. The van der Waals surface area contributed by atoms with E-state index in [1.54, 1.807) is 0 Å². The molecule has 19 heteroatoms. The summed E-state index contributed by atoms with van der Waals surface area (Å²) in [6.07, 6.45) is 58.6. The van der Waals surface area contributed by atoms with Gasteiger partial charge in [0.1, 0.15) is 19.3 Å². The number of hydrogen-bond acceptors (Lipinski definition) is 15. The summed E-state index contributed by atoms with van der Waals surface area (Å²) in [5.41, 5.74) is 0. The van der Waals surface area contributed by atoms with Gasteiger partial charge in [0, 0.05) is 25.7 Å². The van der Waals surface area contributed by atoms with Gasteiger partial charge in [-0.2, -0.15) is 0 Å². The van der Waals surface area contributed by atoms with Gasteiger partial charge in [0.2, 0.25) is 0 Å². The lowest BCUT2D eigenvalue weighted by molar-refractivity contribution is -0.161. The summed E-state index contributed by atoms with van der Waals surface area (Å²) in [7, 11) is -9.91. The first kappa shape index (κ1) is 95.1. The highest BCUT2D eigenvalue weighted by molar-refractivity contribution is 7.47. The van der Waals surface area contributed by atoms with Crippen molar-refractivity contribution in [1.82, 2.24) is 0 Å². The van der Waals surface area contributed by atoms with Crippen LogP contribution in [-0.2, 0) is 65.4 Å². The number of ether oxygens (including phenoxy) is 4. The van der Waals surface area contributed by atoms with Crippen LogP contribution in [0, 0.1) is 11.8 Å². The average Bonchev–Trinajstić information content (AvgIpc) is 1.49. The molecule has 0 aromatic heterocycles. The van der Waals surface area contributed by atoms with E-state index in [4.69, 9.17) is 37.0 Å². The summed E-state index contributed by atoms with van der Waals surface area (Å²) >= 11 is 0. The van der Waals surface area contributed by atoms with Crippen molar-refractivity contribution >= 4 is 39.5 Å². The first-order valence-electron chi connectivity index (χ1n) is 40.6. The Kier molecular flexibility index (Phi) is 68.4. The lowest BCUT2D eigenvalue weighted by atomic mass is 10.00. The van der Waals surface area contributed by atoms with Gasteiger partial charge in [0.05, 0.1) is 26.4 Å². The Morgan fingerprint density at radius 1 is 0.289 bits per heavy atom. The van der Waals surface area contributed by atoms with Crippen LogP contribution in [0.15, 0.2) is 0 Å². The van der Waals surface area contributed by atoms with Gasteiger partial charge in [0.15, 0.2) is 12.2 Å². The zero-order valence-electron chi connectivity index (χ0n) is 63.4. The number of carbonyl (C=O) groups excluding carboxylic acids is 4. The fourth-order valence-corrected chi connectivity index (χ4v) is 13.5. The van der Waals surface area contributed by atoms with E-state index in [0.29, 0.717) is 25.7 Å². The summed E-state index contributed by atoms with van der Waals surface area (Å²) in [6, 6.07) is 0. The van der Waals surface area contributed by atoms with Crippen molar-refractivity contribution in [3.8, 4) is 0 Å². The van der Waals surface area contributed by atoms with Crippen molar-refractivity contribution in [2.75, 3.05) is 39.6 Å². The molecule has 0 radical (unpaired) electrons. The topological polar surface area (TPSA) is 237 Å². The van der Waals surface area contributed by atoms with Gasteiger partial charge < -0.3 is 33.8 Å². The van der Waals surface area contributed by atoms with Gasteiger partial charge in [-0.05, 0) is 37.5 Å². The molecule has 0 fully saturated rings. The molecular weight excluding hydrogens is 1270 g/mol. The molecule has 0 amide bonds. The third-order valence-electron chi connectivity index (χ3n) is 18.9. The Bertz CT molecular complexity index is 1880. The van der Waals surface area contributed by atoms with Crippen LogP contribution >= 0.6 is 15.6 Å². The summed E-state index contributed by atoms with van der Waals surface area (Å²) in [5.74, 6) is -0.668. The zero-order chi connectivity index (χ0) is 71.4. The first-order chi connectivity index (χ1) is 46.9. The molecule has 0 aromatic carbocycles. The van der Waals surface area contributed by atoms with E-state index < -0.39 is 97.5 Å². The summed E-state index contributed by atoms with van der Waals surface area (Å²) in [4.78, 5) is 72.8. The second kappa shape index (κ2) is 69.8. The quantitative estimate of drug-likeness (QED) is 0.0222. The number of phosphoric ester groups is 2. The Morgan fingerprint density at radius 3 is 0.732 bits per heavy atom. The Labute approximate surface area is 594 Å². The minimum atomic E-state index is -4.96. The minimum Gasteiger partial charge on any atom is -0.462 e. The van der Waals surface area contributed by atoms with E-state index in [9.17, 15) is 43.2 Å². The molecule has 0 aromatic rings. The molecule has 0 aliphatic carbocycles. The highest BCUT2D eigenvalue weighted by Gasteiger charge is 2.30. The van der Waals surface area contributed by atoms with E-state index in [2.05, 4.69) is 41.5 Å². The minimum absolute atomic E-state index is 0.102. The second-order valence-electron chi connectivity index (χ2n) is 28.6. The van der Waals surface area contributed by atoms with Crippen LogP contribution in [0.4, 0.5) is 0 Å². The van der Waals surface area contributed by atoms with Crippen LogP contribution in [0.2, 0.25) is 0 Å². The molecule has 0 rings (SSSR count). The summed E-state index contributed by atoms with van der Waals surface area (Å²) < 4.78 is 68.5. The third kappa shape index (κ3) is 69.5. The van der Waals surface area contributed by atoms with Crippen LogP contribution in [0.5, 0.6) is 0 Å². The van der Waals surface area contributed by atoms with E-state index in [-0.39, 0.29) is 25.7 Å². The smallest absolute Gasteiger partial charge is 0.462 e. The Hall–Kier alpha value is -1.94. The molecule has 97 heavy (non-hydrogen) atoms. The molecule has 0 aliphatic rings. The molecule has 0 aliphatic heterocycles. The summed E-state index contributed by atoms with van der Waals surface area (Å²) in [5, 5.41) is 10.6. The normalized spacial score (nSPS) is 14.5. The van der Waals surface area contributed by atoms with Crippen molar-refractivity contribution in [1.29, 1.82) is 0 Å². The summed E-state index contributed by atoms with van der Waals surface area (Å²) in [6.45, 7) is 9.51. The molecule has 0 bridgehead atoms. The fourth-order valence-electron chi connectivity index (χ4n) is 11.9. The van der Waals surface area contributed by atoms with Gasteiger partial charge in [-0.25, -0.2) is 9.13 Å². The van der Waals surface area contributed by atoms with Crippen molar-refractivity contribution in [2.24, 2.45) is 11.8 Å². The maximum atomic E-state index is 13.1. The van der Waals surface area contributed by atoms with Crippen molar-refractivity contribution < 1.29 is 80.2 Å². The molecule has 4 unspecified atom stereocenters. The number of hydrogen-bond donors (Lipinski definition) is 3. The SMILES string of the molecule is CCCCCCCCCCCCCCCCCCCCCCCCC(=O)O[C@H](COC(=O)CCCCCCCCCCCCCCCCC)COP(=O)(O)OC[C@@H](O)COP(=O)(O)OC[C@@H](COC(=O)CCCCCCCCC(C)CC)OC(=O)CCCCCCCCC(C)CC. The molecule has 3 N–H and O–H groups in total. The maximum absolute atomic E-state index is 13.1. The maximum Gasteiger partial charge on any atom is 0.472 e. The predicted molar refractivity (Wildman–Crippen MR) is 395 cm³/mol. The lowest BCUT2D eigenvalue weighted by Gasteiger charge is -2.21. The number of esters is 4. The molecule has 17 nitrogen and oxygen atoms in total. The standard InChI is InChI=1S/C78H152O17P2/c1-7-11-13-15-17-19-21-23-25-26-27-28-29-30-31-33-35-37-39-41-50-56-62-77(82)94-73(66-88-75(80)60-54-48-40-38-36-34-32-24-22-20-18-16-14-12-8-2)68-92-96(84,85)90-64-72(79)65-91-97(86,87)93-69-74(95-78(83)63-57-51-45-43-47-53-59-71(6)10-4)67-89-76(81)61-55-49-44-42-46-52-58-70(5)9-3/h70-74,79H,7-69H2,1-6H3,(H,84,85)(H,86,87)/t70?,71?,72-,73-,74-/m1/s1. The highest BCUT2D eigenvalue weighted by Crippen LogP contribution is 2.45. The van der Waals surface area contributed by atoms with Gasteiger partial charge in [-0.15, -0.1) is 0 Å². The third-order valence-corrected chi connectivity index (χ3v) is 20.8. The van der Waals surface area contributed by atoms with E-state index in [0.717, 1.165) is 108 Å². The van der Waals surface area contributed by atoms with Crippen LogP contribution < -0.4 is 0 Å². The molecular formula is C78H152O17P2. The molecule has 7 atom stereocenters. The first-order valence-corrected chi connectivity index (χ1v) is 43.6. The Morgan fingerprint density at radius 2 is 0.495 bits per heavy atom. The second-order valence-corrected chi connectivity index (χ2v) is 31.5. The lowest BCUT2D eigenvalue weighted by Crippen LogP contribution is -2.30. The van der Waals surface area contributed by atoms with Crippen LogP contribution in [0.25, 0.3) is 0 Å². The average molecular weight is 1420 g/mol. The van der Waals surface area contributed by atoms with E-state index >= 15 is 0 Å². The van der Waals surface area contributed by atoms with Gasteiger partial charge in [-0.3, -0.25) is 37.3 Å². The van der Waals surface area contributed by atoms with Crippen LogP contribution in [0.3, 0.4) is 0 Å². The number of carbonyl (C=O) groups is 4. The number of phosphoric acid groups is 2. The van der Waals surface area contributed by atoms with Gasteiger partial charge >= 0.3 is 39.5 Å². The molecule has 0 spiro atoms. The predicted octanol–water partition coefficient (Wildman–Crippen LogP) is 23.1. The van der Waals surface area contributed by atoms with Crippen LogP contribution in [-0.4, -0.2) is 96.7 Å². The number of rotatable bonds is 77. The van der Waals surface area contributed by atoms with Gasteiger partial charge in [0.25, 0.3) is 0 Å². The van der Waals surface area contributed by atoms with Crippen LogP contribution in [0.1, 0.15) is 408 Å². The van der Waals surface area contributed by atoms with Crippen molar-refractivity contribution in [2.45, 2.75) is 426 Å². The molecule has 576 valence electrons. The van der Waals surface area contributed by atoms with E-state index in [1.807, 2.05) is 0 Å². The highest BCUT2D eigenvalue weighted by atomic mass is 31.2. The number of aliphatic hydroxyl groups is 1. The number of unbranched alkanes of at least 4 members (excludes halogenated alkanes) is 45. The largest absolute Gasteiger partial charge is 0.472 e. The molecule has 0 heterocycles. The fraction of sp³-hybridized carbons (Fsp3) is 0.949.